The summed E-state index contributed by atoms with van der Waals surface area (Å²) in [5, 5.41) is 9.54. The first-order chi connectivity index (χ1) is 11.5. The molecule has 0 radical (unpaired) electrons. The van der Waals surface area contributed by atoms with Gasteiger partial charge >= 0.3 is 5.97 Å². The van der Waals surface area contributed by atoms with Crippen LogP contribution < -0.4 is 0 Å². The Hall–Kier alpha value is -1.11. The van der Waals surface area contributed by atoms with Gasteiger partial charge in [-0.3, -0.25) is 14.5 Å². The van der Waals surface area contributed by atoms with Gasteiger partial charge in [0.1, 0.15) is 6.04 Å². The number of likely N-dealkylation sites (tertiary alicyclic amines) is 1. The Bertz CT molecular complexity index is 621. The van der Waals surface area contributed by atoms with Gasteiger partial charge in [-0.05, 0) is 37.3 Å². The number of amides is 1. The lowest BCUT2D eigenvalue weighted by Gasteiger charge is -2.33. The minimum Gasteiger partial charge on any atom is -0.480 e. The molecule has 0 spiro atoms. The minimum absolute atomic E-state index is 0.0306. The molecule has 1 aromatic rings. The number of nitrogens with zero attached hydrogens (tertiary/aromatic N) is 2. The lowest BCUT2D eigenvalue weighted by Crippen LogP contribution is -2.47. The first-order valence-electron chi connectivity index (χ1n) is 8.42. The number of carbonyl (C=O) groups excluding carboxylic acids is 1. The summed E-state index contributed by atoms with van der Waals surface area (Å²) in [6, 6.07) is 3.47. The molecule has 24 heavy (non-hydrogen) atoms. The van der Waals surface area contributed by atoms with Gasteiger partial charge in [0, 0.05) is 18.0 Å². The average molecular weight is 371 g/mol. The third kappa shape index (κ3) is 3.76. The van der Waals surface area contributed by atoms with Crippen molar-refractivity contribution in [2.75, 3.05) is 13.6 Å². The van der Waals surface area contributed by atoms with Gasteiger partial charge in [-0.1, -0.05) is 24.4 Å². The van der Waals surface area contributed by atoms with E-state index >= 15 is 0 Å². The van der Waals surface area contributed by atoms with E-state index in [0.29, 0.717) is 23.2 Å². The smallest absolute Gasteiger partial charge is 0.320 e. The van der Waals surface area contributed by atoms with E-state index in [1.54, 1.807) is 11.9 Å². The maximum atomic E-state index is 12.6. The van der Waals surface area contributed by atoms with Crippen molar-refractivity contribution in [3.05, 3.63) is 21.3 Å². The summed E-state index contributed by atoms with van der Waals surface area (Å²) >= 11 is 7.40. The van der Waals surface area contributed by atoms with E-state index < -0.39 is 12.0 Å². The number of carbonyl (C=O) groups is 2. The second-order valence-electron chi connectivity index (χ2n) is 6.83. The Labute approximate surface area is 151 Å². The quantitative estimate of drug-likeness (QED) is 0.865. The van der Waals surface area contributed by atoms with Crippen LogP contribution in [-0.2, 0) is 16.1 Å². The topological polar surface area (TPSA) is 60.9 Å². The monoisotopic (exact) mass is 370 g/mol. The van der Waals surface area contributed by atoms with Gasteiger partial charge in [0.2, 0.25) is 5.91 Å². The summed E-state index contributed by atoms with van der Waals surface area (Å²) in [6.07, 6.45) is 5.07. The highest BCUT2D eigenvalue weighted by Crippen LogP contribution is 2.39. The molecule has 1 amide bonds. The van der Waals surface area contributed by atoms with Crippen LogP contribution in [0.15, 0.2) is 12.1 Å². The Morgan fingerprint density at radius 1 is 1.38 bits per heavy atom. The zero-order valence-electron chi connectivity index (χ0n) is 13.8. The molecule has 132 valence electrons. The predicted molar refractivity (Wildman–Crippen MR) is 94.3 cm³/mol. The maximum absolute atomic E-state index is 12.6. The standard InChI is InChI=1S/C17H23ClN2O3S/c1-19(9-12-6-7-15(18)24-12)16(21)10-20-13-5-3-2-4-11(13)8-14(20)17(22)23/h6-7,11,13-14H,2-5,8-10H2,1H3,(H,22,23)/t11-,13+,14+/m1/s1. The van der Waals surface area contributed by atoms with E-state index in [1.165, 1.54) is 17.8 Å². The summed E-state index contributed by atoms with van der Waals surface area (Å²) < 4.78 is 0.710. The Morgan fingerprint density at radius 2 is 2.12 bits per heavy atom. The van der Waals surface area contributed by atoms with Crippen molar-refractivity contribution in [2.45, 2.75) is 50.7 Å². The van der Waals surface area contributed by atoms with E-state index in [-0.39, 0.29) is 18.5 Å². The van der Waals surface area contributed by atoms with Crippen LogP contribution in [0.5, 0.6) is 0 Å². The van der Waals surface area contributed by atoms with Crippen molar-refractivity contribution in [3.8, 4) is 0 Å². The number of rotatable bonds is 5. The lowest BCUT2D eigenvalue weighted by atomic mass is 9.85. The third-order valence-electron chi connectivity index (χ3n) is 5.27. The summed E-state index contributed by atoms with van der Waals surface area (Å²) in [6.45, 7) is 0.698. The van der Waals surface area contributed by atoms with Crippen molar-refractivity contribution in [1.29, 1.82) is 0 Å². The molecular formula is C17H23ClN2O3S. The van der Waals surface area contributed by atoms with Gasteiger partial charge in [0.15, 0.2) is 0 Å². The Morgan fingerprint density at radius 3 is 2.79 bits per heavy atom. The summed E-state index contributed by atoms with van der Waals surface area (Å²) in [4.78, 5) is 28.9. The first kappa shape index (κ1) is 17.7. The van der Waals surface area contributed by atoms with Crippen molar-refractivity contribution in [2.24, 2.45) is 5.92 Å². The van der Waals surface area contributed by atoms with E-state index in [1.807, 2.05) is 17.0 Å². The minimum atomic E-state index is -0.801. The molecule has 0 unspecified atom stereocenters. The average Bonchev–Trinajstić information content (AvgIpc) is 3.11. The third-order valence-corrected chi connectivity index (χ3v) is 6.49. The van der Waals surface area contributed by atoms with Crippen molar-refractivity contribution in [1.82, 2.24) is 9.80 Å². The van der Waals surface area contributed by atoms with Crippen LogP contribution in [0.2, 0.25) is 4.34 Å². The number of carboxylic acids is 1. The van der Waals surface area contributed by atoms with Crippen LogP contribution in [0.3, 0.4) is 0 Å². The lowest BCUT2D eigenvalue weighted by molar-refractivity contribution is -0.144. The van der Waals surface area contributed by atoms with Crippen molar-refractivity contribution in [3.63, 3.8) is 0 Å². The number of hydrogen-bond acceptors (Lipinski definition) is 4. The van der Waals surface area contributed by atoms with E-state index in [2.05, 4.69) is 0 Å². The fourth-order valence-corrected chi connectivity index (χ4v) is 5.20. The maximum Gasteiger partial charge on any atom is 0.320 e. The first-order valence-corrected chi connectivity index (χ1v) is 9.62. The number of fused-ring (bicyclic) bond motifs is 1. The number of thiophene rings is 1. The van der Waals surface area contributed by atoms with Gasteiger partial charge in [0.05, 0.1) is 17.4 Å². The molecule has 0 aromatic carbocycles. The normalized spacial score (nSPS) is 27.0. The van der Waals surface area contributed by atoms with Gasteiger partial charge in [-0.25, -0.2) is 0 Å². The molecule has 2 aliphatic rings. The molecule has 2 fully saturated rings. The molecule has 5 nitrogen and oxygen atoms in total. The van der Waals surface area contributed by atoms with Crippen LogP contribution in [0.4, 0.5) is 0 Å². The van der Waals surface area contributed by atoms with Crippen molar-refractivity contribution < 1.29 is 14.7 Å². The molecule has 3 atom stereocenters. The van der Waals surface area contributed by atoms with Gasteiger partial charge in [-0.2, -0.15) is 0 Å². The molecule has 1 aliphatic carbocycles. The summed E-state index contributed by atoms with van der Waals surface area (Å²) in [5.74, 6) is -0.407. The Balaban J connectivity index is 1.65. The fourth-order valence-electron chi connectivity index (χ4n) is 4.06. The largest absolute Gasteiger partial charge is 0.480 e. The van der Waals surface area contributed by atoms with Crippen LogP contribution >= 0.6 is 22.9 Å². The zero-order chi connectivity index (χ0) is 17.3. The SMILES string of the molecule is CN(Cc1ccc(Cl)s1)C(=O)CN1[C@H](C(=O)O)C[C@H]2CCCC[C@@H]21. The molecule has 1 aromatic heterocycles. The van der Waals surface area contributed by atoms with E-state index in [9.17, 15) is 14.7 Å². The summed E-state index contributed by atoms with van der Waals surface area (Å²) in [7, 11) is 1.76. The number of carboxylic acid groups (broad SMARTS) is 1. The number of hydrogen-bond donors (Lipinski definition) is 1. The predicted octanol–water partition coefficient (Wildman–Crippen LogP) is 3.08. The number of likely N-dealkylation sites (N-methyl/N-ethyl adjacent to an activating group) is 1. The number of aliphatic carboxylic acids is 1. The molecule has 2 heterocycles. The highest BCUT2D eigenvalue weighted by Gasteiger charge is 2.45. The molecule has 1 saturated heterocycles. The molecule has 3 rings (SSSR count). The van der Waals surface area contributed by atoms with Crippen molar-refractivity contribution >= 4 is 34.8 Å². The molecule has 1 N–H and O–H groups in total. The van der Waals surface area contributed by atoms with Crippen LogP contribution in [0.25, 0.3) is 0 Å². The van der Waals surface area contributed by atoms with E-state index in [0.717, 1.165) is 24.1 Å². The highest BCUT2D eigenvalue weighted by molar-refractivity contribution is 7.16. The molecular weight excluding hydrogens is 348 g/mol. The molecule has 1 saturated carbocycles. The molecule has 0 bridgehead atoms. The Kier molecular flexibility index (Phi) is 5.47. The second kappa shape index (κ2) is 7.42. The van der Waals surface area contributed by atoms with Crippen LogP contribution in [-0.4, -0.2) is 52.5 Å². The highest BCUT2D eigenvalue weighted by atomic mass is 35.5. The second-order valence-corrected chi connectivity index (χ2v) is 8.63. The van der Waals surface area contributed by atoms with Gasteiger partial charge in [-0.15, -0.1) is 11.3 Å². The van der Waals surface area contributed by atoms with Crippen LogP contribution in [0, 0.1) is 5.92 Å². The van der Waals surface area contributed by atoms with Gasteiger partial charge < -0.3 is 10.0 Å². The molecule has 7 heteroatoms. The van der Waals surface area contributed by atoms with Gasteiger partial charge in [0.25, 0.3) is 0 Å². The van der Waals surface area contributed by atoms with E-state index in [4.69, 9.17) is 11.6 Å². The summed E-state index contributed by atoms with van der Waals surface area (Å²) in [5.41, 5.74) is 0. The fraction of sp³-hybridized carbons (Fsp3) is 0.647. The zero-order valence-corrected chi connectivity index (χ0v) is 15.4. The number of halogens is 1. The van der Waals surface area contributed by atoms with Crippen LogP contribution in [0.1, 0.15) is 37.0 Å². The molecule has 1 aliphatic heterocycles.